The maximum Gasteiger partial charge on any atom is 0.337 e. The van der Waals surface area contributed by atoms with Crippen molar-refractivity contribution in [3.05, 3.63) is 0 Å². The van der Waals surface area contributed by atoms with E-state index in [1.807, 2.05) is 0 Å². The minimum Gasteiger partial charge on any atom is -0.458 e. The molecule has 0 fully saturated rings. The Morgan fingerprint density at radius 1 is 1.04 bits per heavy atom. The summed E-state index contributed by atoms with van der Waals surface area (Å²) in [5, 5.41) is 2.49. The second-order valence-electron chi connectivity index (χ2n) is 8.85. The van der Waals surface area contributed by atoms with Crippen LogP contribution in [0.4, 0.5) is 0 Å². The predicted molar refractivity (Wildman–Crippen MR) is 101 cm³/mol. The molecule has 1 amide bonds. The van der Waals surface area contributed by atoms with E-state index in [0.29, 0.717) is 13.0 Å². The quantitative estimate of drug-likeness (QED) is 0.306. The lowest BCUT2D eigenvalue weighted by Crippen LogP contribution is -2.48. The third kappa shape index (κ3) is 9.16. The van der Waals surface area contributed by atoms with Crippen LogP contribution in [0.3, 0.4) is 0 Å². The molecule has 0 bridgehead atoms. The van der Waals surface area contributed by atoms with Crippen LogP contribution in [0.5, 0.6) is 0 Å². The van der Waals surface area contributed by atoms with Gasteiger partial charge in [-0.25, -0.2) is 4.79 Å². The van der Waals surface area contributed by atoms with Gasteiger partial charge in [-0.2, -0.15) is 0 Å². The van der Waals surface area contributed by atoms with Gasteiger partial charge >= 0.3 is 5.97 Å². The predicted octanol–water partition coefficient (Wildman–Crippen LogP) is 3.20. The van der Waals surface area contributed by atoms with Crippen molar-refractivity contribution in [1.82, 2.24) is 5.32 Å². The van der Waals surface area contributed by atoms with Crippen molar-refractivity contribution < 1.29 is 23.5 Å². The molecule has 1 N–H and O–H groups in total. The summed E-state index contributed by atoms with van der Waals surface area (Å²) in [4.78, 5) is 35.9. The lowest BCUT2D eigenvalue weighted by Gasteiger charge is -2.36. The monoisotopic (exact) mass is 373 g/mol. The number of nitrogens with one attached hydrogen (secondary N) is 1. The molecule has 1 atom stereocenters. The minimum absolute atomic E-state index is 0.103. The van der Waals surface area contributed by atoms with Gasteiger partial charge in [0.1, 0.15) is 5.60 Å². The zero-order valence-corrected chi connectivity index (χ0v) is 18.2. The van der Waals surface area contributed by atoms with E-state index in [-0.39, 0.29) is 17.2 Å². The molecule has 146 valence electrons. The average molecular weight is 374 g/mol. The maximum absolute atomic E-state index is 12.4. The highest BCUT2D eigenvalue weighted by Gasteiger charge is 2.37. The van der Waals surface area contributed by atoms with Crippen LogP contribution in [-0.2, 0) is 23.5 Å². The van der Waals surface area contributed by atoms with Gasteiger partial charge in [0, 0.05) is 20.0 Å². The number of ketones is 1. The standard InChI is InChI=1S/C18H35NO5Si/c1-13(20)19-15(16(22)24-17(2,3)4)14(21)11-10-12-23-25(8,9)18(5,6)7/h15H,10-12H2,1-9H3,(H,19,20). The van der Waals surface area contributed by atoms with Crippen LogP contribution in [0.1, 0.15) is 61.3 Å². The van der Waals surface area contributed by atoms with E-state index in [0.717, 1.165) is 0 Å². The average Bonchev–Trinajstić information content (AvgIpc) is 2.37. The molecular weight excluding hydrogens is 338 g/mol. The molecule has 0 aliphatic heterocycles. The van der Waals surface area contributed by atoms with Crippen molar-refractivity contribution in [3.8, 4) is 0 Å². The smallest absolute Gasteiger partial charge is 0.337 e. The van der Waals surface area contributed by atoms with Crippen molar-refractivity contribution in [2.24, 2.45) is 0 Å². The first kappa shape index (κ1) is 23.8. The normalized spacial score (nSPS) is 14.0. The largest absolute Gasteiger partial charge is 0.458 e. The summed E-state index contributed by atoms with van der Waals surface area (Å²) in [7, 11) is -1.86. The van der Waals surface area contributed by atoms with Crippen LogP contribution in [0, 0.1) is 0 Å². The zero-order valence-electron chi connectivity index (χ0n) is 17.2. The molecule has 6 nitrogen and oxygen atoms in total. The first-order chi connectivity index (χ1) is 11.1. The molecular formula is C18H35NO5Si. The number of carbonyl (C=O) groups is 3. The maximum atomic E-state index is 12.4. The molecule has 7 heteroatoms. The van der Waals surface area contributed by atoms with E-state index >= 15 is 0 Å². The molecule has 0 aromatic carbocycles. The van der Waals surface area contributed by atoms with Gasteiger partial charge in [-0.15, -0.1) is 0 Å². The van der Waals surface area contributed by atoms with Gasteiger partial charge < -0.3 is 14.5 Å². The van der Waals surface area contributed by atoms with E-state index in [1.54, 1.807) is 20.8 Å². The summed E-state index contributed by atoms with van der Waals surface area (Å²) in [6, 6.07) is -1.26. The number of esters is 1. The fourth-order valence-corrected chi connectivity index (χ4v) is 2.86. The van der Waals surface area contributed by atoms with Gasteiger partial charge in [0.25, 0.3) is 0 Å². The highest BCUT2D eigenvalue weighted by atomic mass is 28.4. The Morgan fingerprint density at radius 3 is 1.96 bits per heavy atom. The Hall–Kier alpha value is -1.21. The van der Waals surface area contributed by atoms with E-state index in [1.165, 1.54) is 6.92 Å². The molecule has 0 spiro atoms. The Balaban J connectivity index is 4.69. The molecule has 0 heterocycles. The second kappa shape index (κ2) is 8.94. The van der Waals surface area contributed by atoms with Gasteiger partial charge in [0.15, 0.2) is 20.1 Å². The second-order valence-corrected chi connectivity index (χ2v) is 13.7. The Labute approximate surface area is 153 Å². The number of hydrogen-bond donors (Lipinski definition) is 1. The minimum atomic E-state index is -1.86. The molecule has 1 unspecified atom stereocenters. The van der Waals surface area contributed by atoms with Gasteiger partial charge in [-0.3, -0.25) is 9.59 Å². The fourth-order valence-electron chi connectivity index (χ4n) is 1.77. The molecule has 0 aromatic heterocycles. The van der Waals surface area contributed by atoms with Crippen LogP contribution in [-0.4, -0.2) is 44.2 Å². The molecule has 0 aromatic rings. The number of hydrogen-bond acceptors (Lipinski definition) is 5. The molecule has 0 saturated carbocycles. The van der Waals surface area contributed by atoms with Crippen LogP contribution < -0.4 is 5.32 Å². The zero-order chi connectivity index (χ0) is 20.1. The summed E-state index contributed by atoms with van der Waals surface area (Å²) < 4.78 is 11.3. The van der Waals surface area contributed by atoms with Crippen LogP contribution in [0.25, 0.3) is 0 Å². The molecule has 25 heavy (non-hydrogen) atoms. The van der Waals surface area contributed by atoms with Crippen molar-refractivity contribution in [2.45, 2.75) is 91.1 Å². The van der Waals surface area contributed by atoms with Crippen molar-refractivity contribution in [3.63, 3.8) is 0 Å². The number of rotatable bonds is 8. The lowest BCUT2D eigenvalue weighted by atomic mass is 10.1. The van der Waals surface area contributed by atoms with Crippen LogP contribution in [0.2, 0.25) is 18.1 Å². The van der Waals surface area contributed by atoms with Crippen LogP contribution >= 0.6 is 0 Å². The molecule has 0 radical (unpaired) electrons. The molecule has 0 aliphatic rings. The summed E-state index contributed by atoms with van der Waals surface area (Å²) in [6.07, 6.45) is 0.656. The van der Waals surface area contributed by atoms with Crippen molar-refractivity contribution in [1.29, 1.82) is 0 Å². The van der Waals surface area contributed by atoms with Gasteiger partial charge in [0.05, 0.1) is 0 Å². The number of carbonyl (C=O) groups excluding carboxylic acids is 3. The van der Waals surface area contributed by atoms with Crippen molar-refractivity contribution >= 4 is 26.0 Å². The molecule has 0 aliphatic carbocycles. The first-order valence-corrected chi connectivity index (χ1v) is 11.6. The topological polar surface area (TPSA) is 81.7 Å². The van der Waals surface area contributed by atoms with Crippen molar-refractivity contribution in [2.75, 3.05) is 6.61 Å². The molecule has 0 saturated heterocycles. The van der Waals surface area contributed by atoms with Gasteiger partial charge in [-0.05, 0) is 45.3 Å². The summed E-state index contributed by atoms with van der Waals surface area (Å²) in [5.41, 5.74) is -0.723. The number of Topliss-reactive ketones (excluding diaryl/α,β-unsaturated/α-hetero) is 1. The highest BCUT2D eigenvalue weighted by Crippen LogP contribution is 2.36. The highest BCUT2D eigenvalue weighted by molar-refractivity contribution is 6.74. The Morgan fingerprint density at radius 2 is 1.56 bits per heavy atom. The van der Waals surface area contributed by atoms with E-state index < -0.39 is 31.8 Å². The Bertz CT molecular complexity index is 489. The van der Waals surface area contributed by atoms with Crippen LogP contribution in [0.15, 0.2) is 0 Å². The summed E-state index contributed by atoms with van der Waals surface area (Å²) in [6.45, 7) is 17.6. The summed E-state index contributed by atoms with van der Waals surface area (Å²) >= 11 is 0. The number of amides is 1. The Kier molecular flexibility index (Phi) is 8.50. The van der Waals surface area contributed by atoms with Gasteiger partial charge in [-0.1, -0.05) is 20.8 Å². The number of ether oxygens (including phenoxy) is 1. The van der Waals surface area contributed by atoms with E-state index in [2.05, 4.69) is 39.2 Å². The van der Waals surface area contributed by atoms with E-state index in [9.17, 15) is 14.4 Å². The first-order valence-electron chi connectivity index (χ1n) is 8.73. The summed E-state index contributed by atoms with van der Waals surface area (Å²) in [5.74, 6) is -1.52. The lowest BCUT2D eigenvalue weighted by molar-refractivity contribution is -0.160. The van der Waals surface area contributed by atoms with Gasteiger partial charge in [0.2, 0.25) is 5.91 Å². The third-order valence-corrected chi connectivity index (χ3v) is 8.69. The third-order valence-electron chi connectivity index (χ3n) is 4.15. The molecule has 0 rings (SSSR count). The fraction of sp³-hybridized carbons (Fsp3) is 0.833. The SMILES string of the molecule is CC(=O)NC(C(=O)CCCO[Si](C)(C)C(C)(C)C)C(=O)OC(C)(C)C. The van der Waals surface area contributed by atoms with E-state index in [4.69, 9.17) is 9.16 Å².